The minimum Gasteiger partial charge on any atom is -0.406 e. The molecule has 1 amide bonds. The highest BCUT2D eigenvalue weighted by Gasteiger charge is 2.32. The Kier molecular flexibility index (Phi) is 10.6. The molecule has 1 aromatic heterocycles. The van der Waals surface area contributed by atoms with Gasteiger partial charge in [0.05, 0.1) is 30.2 Å². The zero-order valence-electron chi connectivity index (χ0n) is 22.5. The Morgan fingerprint density at radius 3 is 2.48 bits per heavy atom. The van der Waals surface area contributed by atoms with Crippen LogP contribution in [0.15, 0.2) is 79.3 Å². The van der Waals surface area contributed by atoms with Gasteiger partial charge >= 0.3 is 6.36 Å². The number of hydrogen-bond donors (Lipinski definition) is 0. The van der Waals surface area contributed by atoms with Gasteiger partial charge in [0.1, 0.15) is 5.75 Å². The van der Waals surface area contributed by atoms with Gasteiger partial charge in [0.25, 0.3) is 0 Å². The standard InChI is InChI=1S/C30H26F3N5O2.2ClH/c1-21-5-2-3-8-27(21)28-13-22(9-10-23(28)15-34)17-37-20-35-16-25(37)18-36-11-12-38(29(39)19-36)24-6-4-7-26(14-24)40-30(31,32)33;;/h2-10,13-14,16,20H,11-12,17-19H2,1H3;2*1H. The van der Waals surface area contributed by atoms with E-state index in [0.29, 0.717) is 37.4 Å². The third-order valence-corrected chi connectivity index (χ3v) is 6.84. The van der Waals surface area contributed by atoms with E-state index in [0.717, 1.165) is 27.9 Å². The lowest BCUT2D eigenvalue weighted by atomic mass is 9.94. The zero-order chi connectivity index (χ0) is 28.3. The molecule has 0 spiro atoms. The molecule has 0 radical (unpaired) electrons. The molecule has 42 heavy (non-hydrogen) atoms. The van der Waals surface area contributed by atoms with Gasteiger partial charge in [-0.15, -0.1) is 38.0 Å². The highest BCUT2D eigenvalue weighted by Crippen LogP contribution is 2.29. The van der Waals surface area contributed by atoms with Gasteiger partial charge < -0.3 is 14.2 Å². The molecule has 0 N–H and O–H groups in total. The maximum Gasteiger partial charge on any atom is 0.573 e. The van der Waals surface area contributed by atoms with Crippen LogP contribution in [0.3, 0.4) is 0 Å². The van der Waals surface area contributed by atoms with Crippen molar-refractivity contribution in [1.82, 2.24) is 14.5 Å². The quantitative estimate of drug-likeness (QED) is 0.241. The van der Waals surface area contributed by atoms with Crippen molar-refractivity contribution >= 4 is 36.4 Å². The van der Waals surface area contributed by atoms with Crippen LogP contribution in [0.2, 0.25) is 0 Å². The first-order valence-electron chi connectivity index (χ1n) is 12.7. The maximum absolute atomic E-state index is 12.9. The number of carbonyl (C=O) groups is 1. The highest BCUT2D eigenvalue weighted by molar-refractivity contribution is 5.95. The van der Waals surface area contributed by atoms with Gasteiger partial charge in [0, 0.05) is 49.7 Å². The molecular formula is C30H28Cl2F3N5O2. The Hall–Kier alpha value is -4.04. The lowest BCUT2D eigenvalue weighted by molar-refractivity contribution is -0.274. The van der Waals surface area contributed by atoms with Crippen molar-refractivity contribution in [3.05, 3.63) is 102 Å². The summed E-state index contributed by atoms with van der Waals surface area (Å²) in [6.07, 6.45) is -1.30. The van der Waals surface area contributed by atoms with Gasteiger partial charge in [-0.05, 0) is 47.9 Å². The van der Waals surface area contributed by atoms with Gasteiger partial charge in [-0.3, -0.25) is 9.69 Å². The SMILES string of the molecule is Cc1ccccc1-c1cc(Cn2cncc2CN2CCN(c3cccc(OC(F)(F)F)c3)C(=O)C2)ccc1C#N.Cl.Cl. The molecular weight excluding hydrogens is 590 g/mol. The van der Waals surface area contributed by atoms with Gasteiger partial charge in [0.2, 0.25) is 5.91 Å². The van der Waals surface area contributed by atoms with Crippen LogP contribution in [-0.2, 0) is 17.9 Å². The summed E-state index contributed by atoms with van der Waals surface area (Å²) < 4.78 is 43.8. The van der Waals surface area contributed by atoms with Crippen molar-refractivity contribution in [2.45, 2.75) is 26.4 Å². The monoisotopic (exact) mass is 617 g/mol. The Morgan fingerprint density at radius 2 is 1.76 bits per heavy atom. The number of aryl methyl sites for hydroxylation is 1. The number of imidazole rings is 1. The average molecular weight is 618 g/mol. The fourth-order valence-corrected chi connectivity index (χ4v) is 4.91. The first-order valence-corrected chi connectivity index (χ1v) is 12.7. The number of alkyl halides is 3. The molecule has 7 nitrogen and oxygen atoms in total. The van der Waals surface area contributed by atoms with Crippen LogP contribution in [0.4, 0.5) is 18.9 Å². The van der Waals surface area contributed by atoms with Crippen LogP contribution >= 0.6 is 24.8 Å². The van der Waals surface area contributed by atoms with Crippen molar-refractivity contribution in [1.29, 1.82) is 5.26 Å². The predicted molar refractivity (Wildman–Crippen MR) is 158 cm³/mol. The largest absolute Gasteiger partial charge is 0.573 e. The molecule has 1 fully saturated rings. The summed E-state index contributed by atoms with van der Waals surface area (Å²) in [4.78, 5) is 20.7. The number of amides is 1. The smallest absolute Gasteiger partial charge is 0.406 e. The molecule has 0 bridgehead atoms. The van der Waals surface area contributed by atoms with E-state index in [4.69, 9.17) is 0 Å². The number of hydrogen-bond acceptors (Lipinski definition) is 5. The zero-order valence-corrected chi connectivity index (χ0v) is 24.2. The Bertz CT molecular complexity index is 1590. The molecule has 12 heteroatoms. The summed E-state index contributed by atoms with van der Waals surface area (Å²) in [7, 11) is 0. The summed E-state index contributed by atoms with van der Waals surface area (Å²) in [5.41, 5.74) is 5.88. The van der Waals surface area contributed by atoms with E-state index in [9.17, 15) is 23.2 Å². The van der Waals surface area contributed by atoms with E-state index in [-0.39, 0.29) is 43.0 Å². The van der Waals surface area contributed by atoms with Crippen molar-refractivity contribution in [2.24, 2.45) is 0 Å². The first-order chi connectivity index (χ1) is 19.2. The van der Waals surface area contributed by atoms with Crippen LogP contribution in [0.5, 0.6) is 5.75 Å². The Morgan fingerprint density at radius 1 is 0.976 bits per heavy atom. The Balaban J connectivity index is 0.00000242. The second-order valence-corrected chi connectivity index (χ2v) is 9.62. The van der Waals surface area contributed by atoms with E-state index in [1.54, 1.807) is 18.6 Å². The summed E-state index contributed by atoms with van der Waals surface area (Å²) in [5.74, 6) is -0.575. The number of anilines is 1. The number of benzene rings is 3. The van der Waals surface area contributed by atoms with E-state index in [2.05, 4.69) is 15.8 Å². The summed E-state index contributed by atoms with van der Waals surface area (Å²) >= 11 is 0. The summed E-state index contributed by atoms with van der Waals surface area (Å²) in [6, 6.07) is 21.5. The molecule has 0 atom stereocenters. The third kappa shape index (κ3) is 7.62. The fraction of sp³-hybridized carbons (Fsp3) is 0.233. The number of nitrogens with zero attached hydrogens (tertiary/aromatic N) is 5. The number of nitriles is 1. The van der Waals surface area contributed by atoms with Crippen molar-refractivity contribution in [3.8, 4) is 22.9 Å². The van der Waals surface area contributed by atoms with Crippen LogP contribution in [0, 0.1) is 18.3 Å². The Labute approximate surface area is 254 Å². The minimum atomic E-state index is -4.80. The van der Waals surface area contributed by atoms with E-state index >= 15 is 0 Å². The topological polar surface area (TPSA) is 74.4 Å². The minimum absolute atomic E-state index is 0. The van der Waals surface area contributed by atoms with Crippen LogP contribution in [-0.4, -0.2) is 46.4 Å². The van der Waals surface area contributed by atoms with Gasteiger partial charge in [0.15, 0.2) is 0 Å². The normalized spacial score (nSPS) is 13.6. The summed E-state index contributed by atoms with van der Waals surface area (Å²) in [5, 5.41) is 9.66. The molecule has 0 aliphatic carbocycles. The van der Waals surface area contributed by atoms with Crippen LogP contribution in [0.1, 0.15) is 22.4 Å². The molecule has 220 valence electrons. The fourth-order valence-electron chi connectivity index (χ4n) is 4.91. The molecule has 3 aromatic carbocycles. The van der Waals surface area contributed by atoms with Gasteiger partial charge in [-0.25, -0.2) is 4.98 Å². The molecule has 5 rings (SSSR count). The van der Waals surface area contributed by atoms with E-state index in [1.165, 1.54) is 23.1 Å². The second kappa shape index (κ2) is 13.7. The van der Waals surface area contributed by atoms with E-state index in [1.807, 2.05) is 58.9 Å². The molecule has 0 unspecified atom stereocenters. The van der Waals surface area contributed by atoms with Crippen molar-refractivity contribution in [2.75, 3.05) is 24.5 Å². The van der Waals surface area contributed by atoms with Crippen molar-refractivity contribution in [3.63, 3.8) is 0 Å². The van der Waals surface area contributed by atoms with Crippen LogP contribution in [0.25, 0.3) is 11.1 Å². The number of ether oxygens (including phenoxy) is 1. The third-order valence-electron chi connectivity index (χ3n) is 6.84. The van der Waals surface area contributed by atoms with Gasteiger partial charge in [-0.1, -0.05) is 36.4 Å². The molecule has 1 aliphatic heterocycles. The lowest BCUT2D eigenvalue weighted by Crippen LogP contribution is -2.50. The molecule has 0 saturated carbocycles. The maximum atomic E-state index is 12.9. The number of aromatic nitrogens is 2. The highest BCUT2D eigenvalue weighted by atomic mass is 35.5. The number of piperazine rings is 1. The number of carbonyl (C=O) groups excluding carboxylic acids is 1. The lowest BCUT2D eigenvalue weighted by Gasteiger charge is -2.34. The van der Waals surface area contributed by atoms with E-state index < -0.39 is 6.36 Å². The first kappa shape index (κ1) is 32.5. The molecule has 1 aliphatic rings. The van der Waals surface area contributed by atoms with Crippen LogP contribution < -0.4 is 9.64 Å². The molecule has 2 heterocycles. The number of halogens is 5. The van der Waals surface area contributed by atoms with Gasteiger partial charge in [-0.2, -0.15) is 5.26 Å². The molecule has 1 saturated heterocycles. The summed E-state index contributed by atoms with van der Waals surface area (Å²) in [6.45, 7) is 4.03. The predicted octanol–water partition coefficient (Wildman–Crippen LogP) is 6.37. The van der Waals surface area contributed by atoms with Crippen molar-refractivity contribution < 1.29 is 22.7 Å². The second-order valence-electron chi connectivity index (χ2n) is 9.62. The average Bonchev–Trinajstić information content (AvgIpc) is 3.34. The molecule has 4 aromatic rings. The number of rotatable bonds is 7.